The first kappa shape index (κ1) is 18.7. The molecule has 2 amide bonds. The number of nitrogens with zero attached hydrogens (tertiary/aromatic N) is 3. The summed E-state index contributed by atoms with van der Waals surface area (Å²) in [5.74, 6) is -0.581. The van der Waals surface area contributed by atoms with E-state index in [9.17, 15) is 9.59 Å². The topological polar surface area (TPSA) is 43.9 Å². The fourth-order valence-corrected chi connectivity index (χ4v) is 4.15. The summed E-state index contributed by atoms with van der Waals surface area (Å²) in [6.45, 7) is 6.63. The Morgan fingerprint density at radius 1 is 0.964 bits per heavy atom. The average molecular weight is 377 g/mol. The molecule has 2 aromatic rings. The van der Waals surface area contributed by atoms with Gasteiger partial charge in [-0.2, -0.15) is 0 Å². The fourth-order valence-electron chi connectivity index (χ4n) is 4.15. The molecule has 2 aliphatic rings. The molecule has 5 heteroatoms. The number of carbonyl (C=O) groups is 2. The van der Waals surface area contributed by atoms with Crippen LogP contribution in [0.5, 0.6) is 0 Å². The second-order valence-electron chi connectivity index (χ2n) is 7.76. The van der Waals surface area contributed by atoms with E-state index in [1.165, 1.54) is 5.56 Å². The van der Waals surface area contributed by atoms with Crippen LogP contribution in [0.3, 0.4) is 0 Å². The van der Waals surface area contributed by atoms with Gasteiger partial charge in [0.1, 0.15) is 5.92 Å². The summed E-state index contributed by atoms with van der Waals surface area (Å²) < 4.78 is 0. The van der Waals surface area contributed by atoms with E-state index in [1.54, 1.807) is 4.90 Å². The largest absolute Gasteiger partial charge is 0.339 e. The summed E-state index contributed by atoms with van der Waals surface area (Å²) in [5.41, 5.74) is 3.31. The van der Waals surface area contributed by atoms with Crippen LogP contribution in [0.1, 0.15) is 17.5 Å². The van der Waals surface area contributed by atoms with Gasteiger partial charge in [-0.3, -0.25) is 14.5 Å². The van der Waals surface area contributed by atoms with Crippen LogP contribution < -0.4 is 4.90 Å². The second kappa shape index (κ2) is 8.15. The van der Waals surface area contributed by atoms with E-state index in [4.69, 9.17) is 0 Å². The first-order chi connectivity index (χ1) is 13.6. The second-order valence-corrected chi connectivity index (χ2v) is 7.76. The van der Waals surface area contributed by atoms with Crippen molar-refractivity contribution in [1.29, 1.82) is 0 Å². The number of hydrogen-bond acceptors (Lipinski definition) is 3. The van der Waals surface area contributed by atoms with E-state index in [0.29, 0.717) is 26.1 Å². The van der Waals surface area contributed by atoms with Gasteiger partial charge in [0.05, 0.1) is 0 Å². The third-order valence-corrected chi connectivity index (χ3v) is 5.75. The zero-order chi connectivity index (χ0) is 19.5. The van der Waals surface area contributed by atoms with Crippen molar-refractivity contribution in [2.75, 3.05) is 37.6 Å². The molecule has 1 atom stereocenters. The Labute approximate surface area is 166 Å². The average Bonchev–Trinajstić information content (AvgIpc) is 3.10. The summed E-state index contributed by atoms with van der Waals surface area (Å²) in [7, 11) is 0. The predicted molar refractivity (Wildman–Crippen MR) is 110 cm³/mol. The van der Waals surface area contributed by atoms with E-state index in [-0.39, 0.29) is 11.8 Å². The molecule has 2 heterocycles. The number of amides is 2. The molecule has 5 nitrogen and oxygen atoms in total. The van der Waals surface area contributed by atoms with Crippen LogP contribution >= 0.6 is 0 Å². The molecule has 146 valence electrons. The van der Waals surface area contributed by atoms with Gasteiger partial charge in [0.25, 0.3) is 0 Å². The number of carbonyl (C=O) groups excluding carboxylic acids is 2. The summed E-state index contributed by atoms with van der Waals surface area (Å²) >= 11 is 0. The van der Waals surface area contributed by atoms with Gasteiger partial charge >= 0.3 is 0 Å². The number of hydrogen-bond donors (Lipinski definition) is 0. The van der Waals surface area contributed by atoms with Crippen molar-refractivity contribution in [3.63, 3.8) is 0 Å². The molecule has 2 aliphatic heterocycles. The van der Waals surface area contributed by atoms with Gasteiger partial charge in [-0.25, -0.2) is 0 Å². The Bertz CT molecular complexity index is 844. The molecule has 0 N–H and O–H groups in total. The summed E-state index contributed by atoms with van der Waals surface area (Å²) in [6.07, 6.45) is 0.607. The smallest absolute Gasteiger partial charge is 0.239 e. The third-order valence-electron chi connectivity index (χ3n) is 5.75. The highest BCUT2D eigenvalue weighted by Crippen LogP contribution is 2.27. The van der Waals surface area contributed by atoms with E-state index < -0.39 is 5.92 Å². The lowest BCUT2D eigenvalue weighted by atomic mass is 10.1. The molecule has 0 spiro atoms. The maximum absolute atomic E-state index is 13.0. The van der Waals surface area contributed by atoms with Gasteiger partial charge in [0, 0.05) is 45.0 Å². The summed E-state index contributed by atoms with van der Waals surface area (Å²) in [6, 6.07) is 18.3. The molecule has 2 aromatic carbocycles. The van der Waals surface area contributed by atoms with Crippen molar-refractivity contribution >= 4 is 17.5 Å². The fraction of sp³-hybridized carbons (Fsp3) is 0.391. The zero-order valence-corrected chi connectivity index (χ0v) is 16.4. The lowest BCUT2D eigenvalue weighted by Crippen LogP contribution is -2.51. The number of piperazine rings is 1. The highest BCUT2D eigenvalue weighted by Gasteiger charge is 2.40. The molecular formula is C23H27N3O2. The SMILES string of the molecule is Cc1cccc(N2CC[C@@H](C(=O)N3CCN(Cc4ccccc4)CC3)C2=O)c1. The summed E-state index contributed by atoms with van der Waals surface area (Å²) in [5, 5.41) is 0. The van der Waals surface area contributed by atoms with Crippen molar-refractivity contribution in [2.45, 2.75) is 19.9 Å². The van der Waals surface area contributed by atoms with Gasteiger partial charge in [-0.15, -0.1) is 0 Å². The van der Waals surface area contributed by atoms with Crippen LogP contribution in [0, 0.1) is 12.8 Å². The number of benzene rings is 2. The molecule has 28 heavy (non-hydrogen) atoms. The van der Waals surface area contributed by atoms with E-state index >= 15 is 0 Å². The van der Waals surface area contributed by atoms with Crippen LogP contribution in [0.25, 0.3) is 0 Å². The van der Waals surface area contributed by atoms with Crippen LogP contribution in [0.4, 0.5) is 5.69 Å². The zero-order valence-electron chi connectivity index (χ0n) is 16.4. The summed E-state index contributed by atoms with van der Waals surface area (Å²) in [4.78, 5) is 31.9. The minimum absolute atomic E-state index is 0.000450. The predicted octanol–water partition coefficient (Wildman–Crippen LogP) is 2.69. The first-order valence-corrected chi connectivity index (χ1v) is 10.0. The standard InChI is InChI=1S/C23H27N3O2/c1-18-6-5-9-20(16-18)26-11-10-21(23(26)28)22(27)25-14-12-24(13-15-25)17-19-7-3-2-4-8-19/h2-9,16,21H,10-15,17H2,1H3/t21-/m0/s1. The number of rotatable bonds is 4. The molecule has 4 rings (SSSR count). The molecule has 2 fully saturated rings. The Hall–Kier alpha value is -2.66. The Morgan fingerprint density at radius 2 is 1.71 bits per heavy atom. The van der Waals surface area contributed by atoms with Crippen LogP contribution in [-0.4, -0.2) is 54.3 Å². The molecule has 0 radical (unpaired) electrons. The first-order valence-electron chi connectivity index (χ1n) is 10.0. The van der Waals surface area contributed by atoms with Gasteiger partial charge in [0.2, 0.25) is 11.8 Å². The lowest BCUT2D eigenvalue weighted by molar-refractivity contribution is -0.141. The molecule has 0 aromatic heterocycles. The molecule has 0 aliphatic carbocycles. The molecule has 0 unspecified atom stereocenters. The van der Waals surface area contributed by atoms with Crippen LogP contribution in [0.15, 0.2) is 54.6 Å². The van der Waals surface area contributed by atoms with Crippen molar-refractivity contribution in [3.05, 3.63) is 65.7 Å². The molecular weight excluding hydrogens is 350 g/mol. The quantitative estimate of drug-likeness (QED) is 0.770. The van der Waals surface area contributed by atoms with Gasteiger partial charge in [0.15, 0.2) is 0 Å². The lowest BCUT2D eigenvalue weighted by Gasteiger charge is -2.35. The van der Waals surface area contributed by atoms with Crippen molar-refractivity contribution in [1.82, 2.24) is 9.80 Å². The normalized spacial score (nSPS) is 20.6. The van der Waals surface area contributed by atoms with Crippen LogP contribution in [-0.2, 0) is 16.1 Å². The Kier molecular flexibility index (Phi) is 5.44. The highest BCUT2D eigenvalue weighted by atomic mass is 16.2. The molecule has 0 saturated carbocycles. The highest BCUT2D eigenvalue weighted by molar-refractivity contribution is 6.09. The van der Waals surface area contributed by atoms with Crippen molar-refractivity contribution < 1.29 is 9.59 Å². The minimum atomic E-state index is -0.527. The van der Waals surface area contributed by atoms with Gasteiger partial charge in [-0.05, 0) is 36.6 Å². The van der Waals surface area contributed by atoms with E-state index in [1.807, 2.05) is 42.2 Å². The van der Waals surface area contributed by atoms with Gasteiger partial charge in [-0.1, -0.05) is 42.5 Å². The number of aryl methyl sites for hydroxylation is 1. The van der Waals surface area contributed by atoms with E-state index in [2.05, 4.69) is 29.2 Å². The van der Waals surface area contributed by atoms with Crippen LogP contribution in [0.2, 0.25) is 0 Å². The molecule has 2 saturated heterocycles. The monoisotopic (exact) mass is 377 g/mol. The maximum atomic E-state index is 13.0. The minimum Gasteiger partial charge on any atom is -0.339 e. The third kappa shape index (κ3) is 3.94. The van der Waals surface area contributed by atoms with Crippen molar-refractivity contribution in [3.8, 4) is 0 Å². The van der Waals surface area contributed by atoms with Crippen molar-refractivity contribution in [2.24, 2.45) is 5.92 Å². The Morgan fingerprint density at radius 3 is 2.43 bits per heavy atom. The maximum Gasteiger partial charge on any atom is 0.239 e. The molecule has 0 bridgehead atoms. The van der Waals surface area contributed by atoms with E-state index in [0.717, 1.165) is 30.9 Å². The van der Waals surface area contributed by atoms with Gasteiger partial charge < -0.3 is 9.80 Å². The number of anilines is 1. The Balaban J connectivity index is 1.33.